The van der Waals surface area contributed by atoms with Crippen LogP contribution in [0.2, 0.25) is 0 Å². The van der Waals surface area contributed by atoms with Crippen molar-refractivity contribution in [2.75, 3.05) is 65.9 Å². The number of aliphatic carboxylic acids is 3. The first-order valence-electron chi connectivity index (χ1n) is 20.6. The van der Waals surface area contributed by atoms with Gasteiger partial charge in [-0.3, -0.25) is 24.0 Å². The van der Waals surface area contributed by atoms with Crippen molar-refractivity contribution in [2.45, 2.75) is 141 Å². The standard InChI is InChI=1S/C39H70N4O14/c1-2-31(38(50)51)42-36(47)30-57-28-26-55-24-22-41-35(46)29-56-27-25-54-23-21-40-33(44)20-19-32(39(52)53)43-34(45)17-15-13-11-9-7-5-3-4-6-8-10-12-14-16-18-37(48)49/h31-32H,2-30H2,1H3,(H,40,44)(H,41,46)(H,42,47)(H,43,45)(H,48,49)(H,50,51)(H,52,53). The number of unbranched alkanes of at least 4 members (excludes halogenated alkanes) is 13. The summed E-state index contributed by atoms with van der Waals surface area (Å²) in [6, 6.07) is -2.10. The molecule has 0 saturated heterocycles. The fraction of sp³-hybridized carbons (Fsp3) is 0.821. The van der Waals surface area contributed by atoms with E-state index in [0.717, 1.165) is 44.9 Å². The molecule has 0 fully saturated rings. The highest BCUT2D eigenvalue weighted by Gasteiger charge is 2.21. The lowest BCUT2D eigenvalue weighted by atomic mass is 10.0. The Labute approximate surface area is 337 Å². The number of carbonyl (C=O) groups excluding carboxylic acids is 4. The Morgan fingerprint density at radius 2 is 0.842 bits per heavy atom. The number of amides is 4. The summed E-state index contributed by atoms with van der Waals surface area (Å²) in [5.41, 5.74) is 0. The van der Waals surface area contributed by atoms with Gasteiger partial charge < -0.3 is 55.5 Å². The maximum absolute atomic E-state index is 12.3. The van der Waals surface area contributed by atoms with Crippen LogP contribution in [-0.2, 0) is 52.5 Å². The van der Waals surface area contributed by atoms with Gasteiger partial charge in [-0.25, -0.2) is 9.59 Å². The molecule has 7 N–H and O–H groups in total. The summed E-state index contributed by atoms with van der Waals surface area (Å²) in [6.07, 6.45) is 15.7. The fourth-order valence-corrected chi connectivity index (χ4v) is 5.49. The fourth-order valence-electron chi connectivity index (χ4n) is 5.49. The van der Waals surface area contributed by atoms with Gasteiger partial charge in [-0.1, -0.05) is 84.0 Å². The van der Waals surface area contributed by atoms with Gasteiger partial charge in [0.15, 0.2) is 0 Å². The van der Waals surface area contributed by atoms with Crippen LogP contribution in [0, 0.1) is 0 Å². The molecule has 2 atom stereocenters. The van der Waals surface area contributed by atoms with Crippen molar-refractivity contribution in [3.05, 3.63) is 0 Å². The van der Waals surface area contributed by atoms with Crippen LogP contribution in [-0.4, -0.2) is 135 Å². The molecule has 0 aliphatic carbocycles. The SMILES string of the molecule is CCC(NC(=O)COCCOCCNC(=O)COCCOCCNC(=O)CCC(NC(=O)CCCCCCCCCCCCCCCCC(=O)O)C(=O)O)C(=O)O. The van der Waals surface area contributed by atoms with Crippen molar-refractivity contribution < 1.29 is 67.8 Å². The van der Waals surface area contributed by atoms with Gasteiger partial charge in [-0.15, -0.1) is 0 Å². The lowest BCUT2D eigenvalue weighted by Gasteiger charge is -2.14. The van der Waals surface area contributed by atoms with Crippen LogP contribution >= 0.6 is 0 Å². The Bertz CT molecular complexity index is 1130. The van der Waals surface area contributed by atoms with E-state index in [0.29, 0.717) is 6.42 Å². The van der Waals surface area contributed by atoms with Gasteiger partial charge in [0.25, 0.3) is 0 Å². The Balaban J connectivity index is 3.69. The maximum atomic E-state index is 12.3. The summed E-state index contributed by atoms with van der Waals surface area (Å²) >= 11 is 0. The van der Waals surface area contributed by atoms with Crippen LogP contribution < -0.4 is 21.3 Å². The van der Waals surface area contributed by atoms with E-state index in [-0.39, 0.29) is 116 Å². The summed E-state index contributed by atoms with van der Waals surface area (Å²) < 4.78 is 21.0. The zero-order valence-electron chi connectivity index (χ0n) is 34.0. The predicted molar refractivity (Wildman–Crippen MR) is 209 cm³/mol. The molecule has 2 unspecified atom stereocenters. The largest absolute Gasteiger partial charge is 0.481 e. The summed E-state index contributed by atoms with van der Waals surface area (Å²) in [7, 11) is 0. The van der Waals surface area contributed by atoms with Crippen molar-refractivity contribution in [1.82, 2.24) is 21.3 Å². The highest BCUT2D eigenvalue weighted by atomic mass is 16.5. The summed E-state index contributed by atoms with van der Waals surface area (Å²) in [5, 5.41) is 37.2. The lowest BCUT2D eigenvalue weighted by Crippen LogP contribution is -2.42. The molecule has 0 aromatic rings. The van der Waals surface area contributed by atoms with Gasteiger partial charge in [0.1, 0.15) is 25.3 Å². The van der Waals surface area contributed by atoms with E-state index in [9.17, 15) is 38.7 Å². The average Bonchev–Trinajstić information content (AvgIpc) is 3.16. The Hall–Kier alpha value is -3.87. The summed E-state index contributed by atoms with van der Waals surface area (Å²) in [5.74, 6) is -4.60. The van der Waals surface area contributed by atoms with Crippen molar-refractivity contribution in [2.24, 2.45) is 0 Å². The van der Waals surface area contributed by atoms with Gasteiger partial charge in [0, 0.05) is 32.4 Å². The average molecular weight is 819 g/mol. The molecule has 18 heteroatoms. The first-order valence-corrected chi connectivity index (χ1v) is 20.6. The Kier molecular flexibility index (Phi) is 35.1. The molecule has 0 aromatic carbocycles. The molecule has 0 bridgehead atoms. The molecule has 0 saturated carbocycles. The van der Waals surface area contributed by atoms with Gasteiger partial charge in [0.2, 0.25) is 23.6 Å². The molecule has 0 rings (SSSR count). The molecule has 0 radical (unpaired) electrons. The van der Waals surface area contributed by atoms with Gasteiger partial charge >= 0.3 is 17.9 Å². The van der Waals surface area contributed by atoms with Gasteiger partial charge in [-0.2, -0.15) is 0 Å². The maximum Gasteiger partial charge on any atom is 0.326 e. The lowest BCUT2D eigenvalue weighted by molar-refractivity contribution is -0.142. The van der Waals surface area contributed by atoms with E-state index in [2.05, 4.69) is 21.3 Å². The second-order valence-corrected chi connectivity index (χ2v) is 13.7. The van der Waals surface area contributed by atoms with Crippen molar-refractivity contribution in [1.29, 1.82) is 0 Å². The zero-order chi connectivity index (χ0) is 42.4. The minimum absolute atomic E-state index is 0.0336. The van der Waals surface area contributed by atoms with E-state index in [1.807, 2.05) is 0 Å². The quantitative estimate of drug-likeness (QED) is 0.0438. The number of ether oxygens (including phenoxy) is 4. The number of carboxylic acid groups (broad SMARTS) is 3. The smallest absolute Gasteiger partial charge is 0.326 e. The van der Waals surface area contributed by atoms with Crippen molar-refractivity contribution in [3.8, 4) is 0 Å². The molecule has 0 spiro atoms. The van der Waals surface area contributed by atoms with E-state index in [1.54, 1.807) is 6.92 Å². The summed E-state index contributed by atoms with van der Waals surface area (Å²) in [6.45, 7) is 2.66. The van der Waals surface area contributed by atoms with Crippen LogP contribution in [0.15, 0.2) is 0 Å². The number of nitrogens with one attached hydrogen (secondary N) is 4. The van der Waals surface area contributed by atoms with E-state index in [4.69, 9.17) is 29.2 Å². The van der Waals surface area contributed by atoms with E-state index < -0.39 is 35.9 Å². The van der Waals surface area contributed by atoms with Crippen LogP contribution in [0.4, 0.5) is 0 Å². The molecular weight excluding hydrogens is 748 g/mol. The third kappa shape index (κ3) is 36.2. The molecule has 330 valence electrons. The predicted octanol–water partition coefficient (Wildman–Crippen LogP) is 2.94. The minimum atomic E-state index is -1.19. The van der Waals surface area contributed by atoms with Crippen LogP contribution in [0.5, 0.6) is 0 Å². The van der Waals surface area contributed by atoms with Gasteiger partial charge in [0.05, 0.1) is 39.6 Å². The Morgan fingerprint density at radius 1 is 0.439 bits per heavy atom. The second kappa shape index (κ2) is 37.7. The first kappa shape index (κ1) is 53.1. The highest BCUT2D eigenvalue weighted by molar-refractivity contribution is 5.85. The molecule has 57 heavy (non-hydrogen) atoms. The van der Waals surface area contributed by atoms with E-state index in [1.165, 1.54) is 38.5 Å². The molecule has 18 nitrogen and oxygen atoms in total. The molecule has 4 amide bonds. The molecule has 0 aromatic heterocycles. The van der Waals surface area contributed by atoms with Crippen LogP contribution in [0.25, 0.3) is 0 Å². The van der Waals surface area contributed by atoms with Crippen LogP contribution in [0.3, 0.4) is 0 Å². The normalized spacial score (nSPS) is 12.0. The van der Waals surface area contributed by atoms with Crippen LogP contribution in [0.1, 0.15) is 129 Å². The van der Waals surface area contributed by atoms with E-state index >= 15 is 0 Å². The summed E-state index contributed by atoms with van der Waals surface area (Å²) in [4.78, 5) is 81.0. The molecule has 0 aliphatic rings. The number of carboxylic acids is 3. The second-order valence-electron chi connectivity index (χ2n) is 13.7. The monoisotopic (exact) mass is 818 g/mol. The first-order chi connectivity index (χ1) is 27.5. The third-order valence-electron chi connectivity index (χ3n) is 8.73. The molecule has 0 aliphatic heterocycles. The Morgan fingerprint density at radius 3 is 1.30 bits per heavy atom. The highest BCUT2D eigenvalue weighted by Crippen LogP contribution is 2.14. The number of rotatable bonds is 41. The third-order valence-corrected chi connectivity index (χ3v) is 8.73. The van der Waals surface area contributed by atoms with Crippen molar-refractivity contribution >= 4 is 41.5 Å². The number of hydrogen-bond acceptors (Lipinski definition) is 11. The van der Waals surface area contributed by atoms with Gasteiger partial charge in [-0.05, 0) is 25.7 Å². The zero-order valence-corrected chi connectivity index (χ0v) is 34.0. The van der Waals surface area contributed by atoms with Crippen molar-refractivity contribution in [3.63, 3.8) is 0 Å². The number of carbonyl (C=O) groups is 7. The molecular formula is C39H70N4O14. The number of hydrogen-bond donors (Lipinski definition) is 7. The molecule has 0 heterocycles. The topological polar surface area (TPSA) is 265 Å². The minimum Gasteiger partial charge on any atom is -0.481 e.